The van der Waals surface area contributed by atoms with Crippen molar-refractivity contribution in [1.29, 1.82) is 0 Å². The Morgan fingerprint density at radius 3 is 1.25 bits per heavy atom. The van der Waals surface area contributed by atoms with Crippen LogP contribution >= 0.6 is 29.6 Å². The summed E-state index contributed by atoms with van der Waals surface area (Å²) < 4.78 is 38.2. The van der Waals surface area contributed by atoms with E-state index >= 15 is 0 Å². The van der Waals surface area contributed by atoms with Gasteiger partial charge in [0.15, 0.2) is 0 Å². The van der Waals surface area contributed by atoms with Crippen LogP contribution in [0.5, 0.6) is 0 Å². The Labute approximate surface area is 60.6 Å². The van der Waals surface area contributed by atoms with E-state index in [1.54, 1.807) is 0 Å². The molecule has 0 amide bonds. The van der Waals surface area contributed by atoms with Crippen LogP contribution in [0.1, 0.15) is 0 Å². The molecule has 0 atom stereocenters. The van der Waals surface area contributed by atoms with Crippen LogP contribution in [0, 0.1) is 0 Å². The van der Waals surface area contributed by atoms with Crippen LogP contribution in [0.4, 0.5) is 8.78 Å². The first-order valence-corrected chi connectivity index (χ1v) is 6.35. The average molecular weight is 276 g/mol. The third-order valence-corrected chi connectivity index (χ3v) is 0. The third-order valence-electron chi connectivity index (χ3n) is 0. The molecule has 0 saturated carbocycles. The molecule has 0 fully saturated rings. The van der Waals surface area contributed by atoms with Crippen molar-refractivity contribution in [1.82, 2.24) is 0 Å². The van der Waals surface area contributed by atoms with Gasteiger partial charge in [0.2, 0.25) is 6.93 Å². The smallest absolute Gasteiger partial charge is 0.214 e. The molecular formula is CH2Br2F2O2S. The first-order valence-electron chi connectivity index (χ1n) is 1.18. The molecule has 0 aliphatic carbocycles. The van der Waals surface area contributed by atoms with Crippen LogP contribution < -0.4 is 0 Å². The van der Waals surface area contributed by atoms with Crippen molar-refractivity contribution in [2.75, 3.05) is 6.93 Å². The van der Waals surface area contributed by atoms with Gasteiger partial charge < -0.3 is 0 Å². The molecule has 0 unspecified atom stereocenters. The monoisotopic (exact) mass is 274 g/mol. The van der Waals surface area contributed by atoms with Crippen LogP contribution in [-0.4, -0.2) is 15.3 Å². The molecular weight excluding hydrogens is 274 g/mol. The molecule has 7 heteroatoms. The molecule has 0 rings (SSSR count). The van der Waals surface area contributed by atoms with Crippen molar-refractivity contribution in [3.8, 4) is 0 Å². The molecule has 0 saturated heterocycles. The van der Waals surface area contributed by atoms with Gasteiger partial charge in [-0.05, 0) is 0 Å². The largest absolute Gasteiger partial charge is 0.268 e. The van der Waals surface area contributed by atoms with Gasteiger partial charge in [-0.25, -0.2) is 17.2 Å². The van der Waals surface area contributed by atoms with Gasteiger partial charge in [0.05, 0.1) is 29.6 Å². The lowest BCUT2D eigenvalue weighted by Crippen LogP contribution is -1.60. The summed E-state index contributed by atoms with van der Waals surface area (Å²) in [4.78, 5) is 0. The highest BCUT2D eigenvalue weighted by atomic mass is 79.9. The van der Waals surface area contributed by atoms with Crippen LogP contribution in [-0.2, 0) is 6.70 Å². The van der Waals surface area contributed by atoms with E-state index in [1.807, 2.05) is 0 Å². The maximum absolute atomic E-state index is 9.62. The molecule has 2 nitrogen and oxygen atoms in total. The van der Waals surface area contributed by atoms with Crippen LogP contribution in [0.3, 0.4) is 0 Å². The summed E-state index contributed by atoms with van der Waals surface area (Å²) in [5.74, 6) is 0. The highest BCUT2D eigenvalue weighted by Crippen LogP contribution is 2.06. The molecule has 0 aromatic rings. The molecule has 0 radical (unpaired) electrons. The van der Waals surface area contributed by atoms with Gasteiger partial charge in [0.1, 0.15) is 0 Å². The molecule has 0 aromatic heterocycles. The van der Waals surface area contributed by atoms with Crippen molar-refractivity contribution >= 4 is 36.3 Å². The fraction of sp³-hybridized carbons (Fsp3) is 1.00. The van der Waals surface area contributed by atoms with E-state index in [0.717, 1.165) is 0 Å². The number of alkyl halides is 2. The third kappa shape index (κ3) is 380. The fourth-order valence-corrected chi connectivity index (χ4v) is 0. The molecule has 0 N–H and O–H groups in total. The molecule has 52 valence electrons. The zero-order chi connectivity index (χ0) is 7.21. The topological polar surface area (TPSA) is 34.1 Å². The maximum Gasteiger partial charge on any atom is 0.268 e. The lowest BCUT2D eigenvalue weighted by Gasteiger charge is -1.62. The molecule has 0 heterocycles. The van der Waals surface area contributed by atoms with Crippen LogP contribution in [0.15, 0.2) is 0 Å². The quantitative estimate of drug-likeness (QED) is 0.633. The van der Waals surface area contributed by atoms with Gasteiger partial charge in [0, 0.05) is 0 Å². The number of hydrogen-bond donors (Lipinski definition) is 0. The fourth-order valence-electron chi connectivity index (χ4n) is 0. The van der Waals surface area contributed by atoms with E-state index in [1.165, 1.54) is 0 Å². The molecule has 8 heavy (non-hydrogen) atoms. The predicted octanol–water partition coefficient (Wildman–Crippen LogP) is 1.90. The zero-order valence-electron chi connectivity index (χ0n) is 3.44. The van der Waals surface area contributed by atoms with Gasteiger partial charge >= 0.3 is 0 Å². The van der Waals surface area contributed by atoms with Crippen molar-refractivity contribution in [2.24, 2.45) is 0 Å². The van der Waals surface area contributed by atoms with E-state index in [2.05, 4.69) is 29.6 Å². The highest BCUT2D eigenvalue weighted by molar-refractivity contribution is 9.79. The van der Waals surface area contributed by atoms with E-state index < -0.39 is 13.6 Å². The van der Waals surface area contributed by atoms with E-state index in [-0.39, 0.29) is 0 Å². The Kier molecular flexibility index (Phi) is 8.52. The number of halogens is 4. The minimum absolute atomic E-state index is 1.75. The van der Waals surface area contributed by atoms with Gasteiger partial charge in [-0.2, -0.15) is 0 Å². The maximum atomic E-state index is 9.62. The second-order valence-corrected chi connectivity index (χ2v) is 8.96. The molecule has 0 aliphatic heterocycles. The second kappa shape index (κ2) is 5.90. The van der Waals surface area contributed by atoms with Gasteiger partial charge in [0.25, 0.3) is 6.70 Å². The van der Waals surface area contributed by atoms with Crippen LogP contribution in [0.2, 0.25) is 0 Å². The summed E-state index contributed by atoms with van der Waals surface area (Å²) in [5.41, 5.74) is 0. The molecule has 0 spiro atoms. The Bertz CT molecular complexity index is 112. The predicted molar refractivity (Wildman–Crippen MR) is 33.9 cm³/mol. The number of hydrogen-bond acceptors (Lipinski definition) is 2. The molecule has 0 aliphatic rings. The Morgan fingerprint density at radius 2 is 1.25 bits per heavy atom. The Morgan fingerprint density at radius 1 is 1.25 bits per heavy atom. The summed E-state index contributed by atoms with van der Waals surface area (Å²) in [6, 6.07) is 0. The zero-order valence-corrected chi connectivity index (χ0v) is 7.43. The van der Waals surface area contributed by atoms with E-state index in [4.69, 9.17) is 0 Å². The van der Waals surface area contributed by atoms with Gasteiger partial charge in [-0.15, -0.1) is 0 Å². The summed E-state index contributed by atoms with van der Waals surface area (Å²) in [6.45, 7) is -4.79. The lowest BCUT2D eigenvalue weighted by atomic mass is 11.7. The van der Waals surface area contributed by atoms with Crippen molar-refractivity contribution in [3.63, 3.8) is 0 Å². The molecule has 0 bridgehead atoms. The van der Waals surface area contributed by atoms with Crippen molar-refractivity contribution in [3.05, 3.63) is 0 Å². The summed E-state index contributed by atoms with van der Waals surface area (Å²) in [7, 11) is 0. The minimum Gasteiger partial charge on any atom is -0.214 e. The Balaban J connectivity index is 0. The summed E-state index contributed by atoms with van der Waals surface area (Å²) in [5, 5.41) is 0. The lowest BCUT2D eigenvalue weighted by molar-refractivity contribution is 0.295. The Hall–Kier alpha value is 0.770. The first kappa shape index (κ1) is 11.6. The second-order valence-electron chi connectivity index (χ2n) is 0.479. The standard InChI is InChI=1S/CH2F2.Br2O2S/c2-1-3;1-5(2,3)4/h1H2;. The SMILES string of the molecule is FCF.O=S(=O)(Br)Br. The first-order chi connectivity index (χ1) is 3.41. The van der Waals surface area contributed by atoms with Crippen molar-refractivity contribution < 1.29 is 17.2 Å². The van der Waals surface area contributed by atoms with Gasteiger partial charge in [-0.3, -0.25) is 0 Å². The average Bonchev–Trinajstić information content (AvgIpc) is 1.27. The summed E-state index contributed by atoms with van der Waals surface area (Å²) >= 11 is 4.53. The molecule has 0 aromatic carbocycles. The van der Waals surface area contributed by atoms with E-state index in [0.29, 0.717) is 0 Å². The summed E-state index contributed by atoms with van der Waals surface area (Å²) in [6.07, 6.45) is 0. The van der Waals surface area contributed by atoms with Crippen molar-refractivity contribution in [2.45, 2.75) is 0 Å². The van der Waals surface area contributed by atoms with Gasteiger partial charge in [-0.1, -0.05) is 0 Å². The normalized spacial score (nSPS) is 9.50. The van der Waals surface area contributed by atoms with E-state index in [9.17, 15) is 17.2 Å². The minimum atomic E-state index is -3.04. The number of rotatable bonds is 0. The highest BCUT2D eigenvalue weighted by Gasteiger charge is 1.87. The van der Waals surface area contributed by atoms with Crippen LogP contribution in [0.25, 0.3) is 0 Å².